The van der Waals surface area contributed by atoms with Gasteiger partial charge in [0.2, 0.25) is 0 Å². The van der Waals surface area contributed by atoms with Crippen molar-refractivity contribution < 1.29 is 19.4 Å². The molecule has 10 heteroatoms. The molecule has 3 heterocycles. The molecular weight excluding hydrogens is 430 g/mol. The van der Waals surface area contributed by atoms with E-state index in [-0.39, 0.29) is 11.7 Å². The number of carbonyl (C=O) groups is 2. The maximum absolute atomic E-state index is 12.5. The average Bonchev–Trinajstić information content (AvgIpc) is 3.34. The highest BCUT2D eigenvalue weighted by Crippen LogP contribution is 2.27. The SMILES string of the molecule is O=C(O)Cc1ccc(N2CCN(C(=O)Oc3ccc(C(S)c4ncc[nH]4)cc3)CC2)nc1. The molecule has 1 atom stereocenters. The summed E-state index contributed by atoms with van der Waals surface area (Å²) in [6, 6.07) is 10.8. The normalized spacial score (nSPS) is 14.8. The van der Waals surface area contributed by atoms with Crippen molar-refractivity contribution in [1.82, 2.24) is 19.9 Å². The van der Waals surface area contributed by atoms with Gasteiger partial charge in [0.25, 0.3) is 0 Å². The molecule has 0 bridgehead atoms. The molecule has 9 nitrogen and oxygen atoms in total. The molecule has 0 radical (unpaired) electrons. The molecule has 1 fully saturated rings. The van der Waals surface area contributed by atoms with Gasteiger partial charge in [-0.1, -0.05) is 18.2 Å². The van der Waals surface area contributed by atoms with E-state index in [0.29, 0.717) is 37.5 Å². The van der Waals surface area contributed by atoms with Crippen molar-refractivity contribution in [3.63, 3.8) is 0 Å². The minimum absolute atomic E-state index is 0.0502. The van der Waals surface area contributed by atoms with Crippen LogP contribution in [0.15, 0.2) is 55.0 Å². The Morgan fingerprint density at radius 2 is 1.84 bits per heavy atom. The van der Waals surface area contributed by atoms with Gasteiger partial charge in [-0.15, -0.1) is 0 Å². The Morgan fingerprint density at radius 3 is 2.44 bits per heavy atom. The summed E-state index contributed by atoms with van der Waals surface area (Å²) >= 11 is 4.58. The maximum atomic E-state index is 12.5. The van der Waals surface area contributed by atoms with E-state index in [0.717, 1.165) is 17.2 Å². The molecule has 0 saturated carbocycles. The van der Waals surface area contributed by atoms with E-state index >= 15 is 0 Å². The molecule has 2 N–H and O–H groups in total. The quantitative estimate of drug-likeness (QED) is 0.492. The number of hydrogen-bond donors (Lipinski definition) is 3. The molecule has 1 unspecified atom stereocenters. The molecule has 3 aromatic rings. The number of carbonyl (C=O) groups excluding carboxylic acids is 1. The predicted molar refractivity (Wildman–Crippen MR) is 121 cm³/mol. The molecular formula is C22H23N5O4S. The molecule has 2 aromatic heterocycles. The van der Waals surface area contributed by atoms with Crippen molar-refractivity contribution >= 4 is 30.5 Å². The first kappa shape index (κ1) is 21.7. The van der Waals surface area contributed by atoms with Crippen LogP contribution in [0.5, 0.6) is 5.75 Å². The number of pyridine rings is 1. The number of carboxylic acids is 1. The first-order valence-electron chi connectivity index (χ1n) is 10.2. The number of hydrogen-bond acceptors (Lipinski definition) is 7. The summed E-state index contributed by atoms with van der Waals surface area (Å²) in [6.07, 6.45) is 4.56. The molecule has 1 aliphatic rings. The van der Waals surface area contributed by atoms with Gasteiger partial charge in [0.05, 0.1) is 11.7 Å². The highest BCUT2D eigenvalue weighted by Gasteiger charge is 2.23. The first-order chi connectivity index (χ1) is 15.5. The predicted octanol–water partition coefficient (Wildman–Crippen LogP) is 2.77. The standard InChI is InChI=1S/C22H23N5O4S/c28-19(29)13-15-1-6-18(25-14-15)26-9-11-27(12-10-26)22(30)31-17-4-2-16(3-5-17)20(32)21-23-7-8-24-21/h1-8,14,20,32H,9-13H2,(H,23,24)(H,28,29). The van der Waals surface area contributed by atoms with Gasteiger partial charge in [-0.3, -0.25) is 4.79 Å². The van der Waals surface area contributed by atoms with E-state index in [1.54, 1.807) is 41.7 Å². The lowest BCUT2D eigenvalue weighted by atomic mass is 10.1. The number of nitrogens with one attached hydrogen (secondary N) is 1. The van der Waals surface area contributed by atoms with Crippen LogP contribution in [0.1, 0.15) is 22.2 Å². The molecule has 0 aliphatic carbocycles. The van der Waals surface area contributed by atoms with Crippen LogP contribution in [0, 0.1) is 0 Å². The van der Waals surface area contributed by atoms with Gasteiger partial charge in [0.15, 0.2) is 0 Å². The Balaban J connectivity index is 1.28. The summed E-state index contributed by atoms with van der Waals surface area (Å²) in [5, 5.41) is 8.67. The van der Waals surface area contributed by atoms with Crippen molar-refractivity contribution in [2.45, 2.75) is 11.7 Å². The Hall–Kier alpha value is -3.53. The summed E-state index contributed by atoms with van der Waals surface area (Å²) in [6.45, 7) is 2.24. The number of benzene rings is 1. The zero-order chi connectivity index (χ0) is 22.5. The highest BCUT2D eigenvalue weighted by atomic mass is 32.1. The highest BCUT2D eigenvalue weighted by molar-refractivity contribution is 7.80. The van der Waals surface area contributed by atoms with E-state index in [2.05, 4.69) is 32.5 Å². The van der Waals surface area contributed by atoms with E-state index in [4.69, 9.17) is 9.84 Å². The van der Waals surface area contributed by atoms with Crippen LogP contribution in [0.2, 0.25) is 0 Å². The van der Waals surface area contributed by atoms with Crippen molar-refractivity contribution in [1.29, 1.82) is 0 Å². The van der Waals surface area contributed by atoms with E-state index in [1.807, 2.05) is 18.2 Å². The van der Waals surface area contributed by atoms with Gasteiger partial charge in [0, 0.05) is 44.8 Å². The molecule has 166 valence electrons. The number of amides is 1. The number of nitrogens with zero attached hydrogens (tertiary/aromatic N) is 4. The van der Waals surface area contributed by atoms with Gasteiger partial charge in [-0.25, -0.2) is 14.8 Å². The van der Waals surface area contributed by atoms with Crippen LogP contribution in [-0.2, 0) is 11.2 Å². The summed E-state index contributed by atoms with van der Waals surface area (Å²) in [5.74, 6) is 1.10. The Bertz CT molecular complexity index is 1050. The number of aromatic nitrogens is 3. The first-order valence-corrected chi connectivity index (χ1v) is 10.7. The summed E-state index contributed by atoms with van der Waals surface area (Å²) in [4.78, 5) is 38.7. The molecule has 1 amide bonds. The van der Waals surface area contributed by atoms with Gasteiger partial charge < -0.3 is 24.6 Å². The van der Waals surface area contributed by atoms with Crippen LogP contribution < -0.4 is 9.64 Å². The zero-order valence-corrected chi connectivity index (χ0v) is 18.1. The Morgan fingerprint density at radius 1 is 1.09 bits per heavy atom. The number of anilines is 1. The second-order valence-corrected chi connectivity index (χ2v) is 7.90. The fourth-order valence-corrected chi connectivity index (χ4v) is 3.78. The number of rotatable bonds is 6. The monoisotopic (exact) mass is 453 g/mol. The van der Waals surface area contributed by atoms with Crippen molar-refractivity contribution in [2.75, 3.05) is 31.1 Å². The third-order valence-corrected chi connectivity index (χ3v) is 5.75. The molecule has 4 rings (SSSR count). The fraction of sp³-hybridized carbons (Fsp3) is 0.273. The largest absolute Gasteiger partial charge is 0.481 e. The number of imidazole rings is 1. The zero-order valence-electron chi connectivity index (χ0n) is 17.2. The Labute approximate surface area is 190 Å². The number of carboxylic acid groups (broad SMARTS) is 1. The smallest absolute Gasteiger partial charge is 0.415 e. The van der Waals surface area contributed by atoms with E-state index in [9.17, 15) is 9.59 Å². The number of thiol groups is 1. The lowest BCUT2D eigenvalue weighted by Crippen LogP contribution is -2.49. The topological polar surface area (TPSA) is 112 Å². The second-order valence-electron chi connectivity index (χ2n) is 7.38. The lowest BCUT2D eigenvalue weighted by Gasteiger charge is -2.34. The van der Waals surface area contributed by atoms with Gasteiger partial charge >= 0.3 is 12.1 Å². The number of ether oxygens (including phenoxy) is 1. The molecule has 1 aliphatic heterocycles. The van der Waals surface area contributed by atoms with Crippen LogP contribution in [0.3, 0.4) is 0 Å². The minimum Gasteiger partial charge on any atom is -0.481 e. The van der Waals surface area contributed by atoms with Gasteiger partial charge in [-0.2, -0.15) is 12.6 Å². The van der Waals surface area contributed by atoms with Crippen LogP contribution >= 0.6 is 12.6 Å². The van der Waals surface area contributed by atoms with Gasteiger partial charge in [0.1, 0.15) is 17.4 Å². The third-order valence-electron chi connectivity index (χ3n) is 5.21. The van der Waals surface area contributed by atoms with E-state index in [1.165, 1.54) is 0 Å². The lowest BCUT2D eigenvalue weighted by molar-refractivity contribution is -0.136. The number of piperazine rings is 1. The second kappa shape index (κ2) is 9.73. The third kappa shape index (κ3) is 5.20. The van der Waals surface area contributed by atoms with E-state index < -0.39 is 12.1 Å². The van der Waals surface area contributed by atoms with Crippen LogP contribution in [0.25, 0.3) is 0 Å². The fourth-order valence-electron chi connectivity index (χ4n) is 3.47. The maximum Gasteiger partial charge on any atom is 0.415 e. The molecule has 1 aromatic carbocycles. The summed E-state index contributed by atoms with van der Waals surface area (Å²) in [7, 11) is 0. The van der Waals surface area contributed by atoms with Gasteiger partial charge in [-0.05, 0) is 29.3 Å². The number of H-pyrrole nitrogens is 1. The van der Waals surface area contributed by atoms with Crippen LogP contribution in [-0.4, -0.2) is 63.2 Å². The van der Waals surface area contributed by atoms with Crippen molar-refractivity contribution in [2.24, 2.45) is 0 Å². The summed E-state index contributed by atoms with van der Waals surface area (Å²) in [5.41, 5.74) is 1.60. The Kier molecular flexibility index (Phi) is 6.60. The number of aliphatic carboxylic acids is 1. The molecule has 32 heavy (non-hydrogen) atoms. The average molecular weight is 454 g/mol. The molecule has 1 saturated heterocycles. The van der Waals surface area contributed by atoms with Crippen LogP contribution in [0.4, 0.5) is 10.6 Å². The van der Waals surface area contributed by atoms with Crippen molar-refractivity contribution in [3.05, 3.63) is 71.9 Å². The number of aromatic amines is 1. The van der Waals surface area contributed by atoms with Crippen molar-refractivity contribution in [3.8, 4) is 5.75 Å². The molecule has 0 spiro atoms. The minimum atomic E-state index is -0.885. The summed E-state index contributed by atoms with van der Waals surface area (Å²) < 4.78 is 5.52.